The van der Waals surface area contributed by atoms with E-state index >= 15 is 0 Å². The second-order valence-corrected chi connectivity index (χ2v) is 19.3. The maximum absolute atomic E-state index is 12.8. The van der Waals surface area contributed by atoms with Crippen molar-refractivity contribution in [3.8, 4) is 0 Å². The van der Waals surface area contributed by atoms with E-state index in [4.69, 9.17) is 33.2 Å². The molecule has 0 spiro atoms. The molecule has 0 unspecified atom stereocenters. The van der Waals surface area contributed by atoms with Crippen molar-refractivity contribution in [2.24, 2.45) is 34.5 Å². The monoisotopic (exact) mass is 866 g/mol. The Morgan fingerprint density at radius 3 is 2.25 bits per heavy atom. The van der Waals surface area contributed by atoms with Crippen LogP contribution in [0.5, 0.6) is 0 Å². The average molecular weight is 867 g/mol. The summed E-state index contributed by atoms with van der Waals surface area (Å²) in [6.45, 7) is 11.1. The Hall–Kier alpha value is -2.55. The highest BCUT2D eigenvalue weighted by molar-refractivity contribution is 5.89. The number of rotatable bonds is 10. The molecule has 7 N–H and O–H groups in total. The number of hydrogen-bond acceptors (Lipinski definition) is 17. The molecular weight excluding hydrogens is 800 g/mol. The fraction of sp³-hybridized carbons (Fsp3) is 0.841. The Morgan fingerprint density at radius 1 is 0.902 bits per heavy atom. The number of allylic oxidation sites excluding steroid dienone is 1. The van der Waals surface area contributed by atoms with E-state index in [2.05, 4.69) is 13.0 Å². The van der Waals surface area contributed by atoms with Gasteiger partial charge >= 0.3 is 17.9 Å². The van der Waals surface area contributed by atoms with Gasteiger partial charge in [0.15, 0.2) is 12.6 Å². The number of hydrogen-bond donors (Lipinski definition) is 7. The quantitative estimate of drug-likeness (QED) is 0.0922. The molecule has 3 aliphatic heterocycles. The van der Waals surface area contributed by atoms with Crippen molar-refractivity contribution in [1.29, 1.82) is 0 Å². The van der Waals surface area contributed by atoms with Gasteiger partial charge in [0, 0.05) is 49.0 Å². The molecule has 2 saturated heterocycles. The highest BCUT2D eigenvalue weighted by atomic mass is 16.7. The van der Waals surface area contributed by atoms with E-state index in [-0.39, 0.29) is 36.7 Å². The van der Waals surface area contributed by atoms with Crippen LogP contribution in [0, 0.1) is 34.5 Å². The molecule has 17 nitrogen and oxygen atoms in total. The lowest BCUT2D eigenvalue weighted by molar-refractivity contribution is -0.361. The molecule has 0 amide bonds. The number of carbonyl (C=O) groups excluding carboxylic acids is 3. The van der Waals surface area contributed by atoms with Crippen LogP contribution in [0.15, 0.2) is 22.8 Å². The summed E-state index contributed by atoms with van der Waals surface area (Å²) in [5.74, 6) is -1.53. The summed E-state index contributed by atoms with van der Waals surface area (Å²) in [5, 5.41) is 76.2. The number of cyclic esters (lactones) is 1. The van der Waals surface area contributed by atoms with Gasteiger partial charge in [0.25, 0.3) is 0 Å². The molecule has 0 aromatic carbocycles. The number of aliphatic hydroxyl groups excluding tert-OH is 6. The van der Waals surface area contributed by atoms with Gasteiger partial charge in [0.05, 0.1) is 25.4 Å². The third kappa shape index (κ3) is 8.12. The van der Waals surface area contributed by atoms with Crippen LogP contribution in [0.1, 0.15) is 99.8 Å². The minimum absolute atomic E-state index is 0.0239. The summed E-state index contributed by atoms with van der Waals surface area (Å²) in [6, 6.07) is 0. The molecule has 5 fully saturated rings. The summed E-state index contributed by atoms with van der Waals surface area (Å²) in [5.41, 5.74) is -0.210. The Bertz CT molecular complexity index is 1730. The molecule has 7 aliphatic rings. The predicted octanol–water partition coefficient (Wildman–Crippen LogP) is 1.09. The van der Waals surface area contributed by atoms with E-state index in [0.717, 1.165) is 17.6 Å². The first-order valence-electron chi connectivity index (χ1n) is 21.9. The highest BCUT2D eigenvalue weighted by Crippen LogP contribution is 2.68. The van der Waals surface area contributed by atoms with E-state index in [1.807, 2.05) is 6.92 Å². The fourth-order valence-corrected chi connectivity index (χ4v) is 12.6. The molecule has 4 aliphatic carbocycles. The predicted molar refractivity (Wildman–Crippen MR) is 210 cm³/mol. The molecule has 0 bridgehead atoms. The van der Waals surface area contributed by atoms with Crippen LogP contribution in [0.2, 0.25) is 0 Å². The molecule has 20 atom stereocenters. The zero-order chi connectivity index (χ0) is 44.5. The van der Waals surface area contributed by atoms with Gasteiger partial charge in [-0.05, 0) is 84.0 Å². The van der Waals surface area contributed by atoms with Gasteiger partial charge < -0.3 is 68.9 Å². The topological polar surface area (TPSA) is 257 Å². The van der Waals surface area contributed by atoms with Crippen LogP contribution >= 0.6 is 0 Å². The molecule has 17 heteroatoms. The van der Waals surface area contributed by atoms with Crippen LogP contribution in [0.4, 0.5) is 0 Å². The van der Waals surface area contributed by atoms with Gasteiger partial charge in [0.2, 0.25) is 0 Å². The zero-order valence-electron chi connectivity index (χ0n) is 36.2. The maximum atomic E-state index is 12.8. The number of ether oxygens (including phenoxy) is 7. The Morgan fingerprint density at radius 2 is 1.59 bits per heavy atom. The van der Waals surface area contributed by atoms with E-state index in [0.29, 0.717) is 44.1 Å². The summed E-state index contributed by atoms with van der Waals surface area (Å²) in [4.78, 5) is 38.0. The van der Waals surface area contributed by atoms with Gasteiger partial charge in [0.1, 0.15) is 60.5 Å². The standard InChI is InChI=1S/C44H66O17/c1-19-14-32(60-39(53)20(19)2)43(7,54)30-11-10-28-26-9-8-24-15-25(16-31(57-23(5)47)42(24,6)27(26)12-13-44(28,30)18-55-22(4)46)58-41-37(52)35(50)38(29(17-45)59-41)61-40-36(51)34(49)33(48)21(3)56-40/h8,21,25-38,40-41,45,48-52,54H,9-18H2,1-7H3/t21-,25+,26+,27-,28-,29+,30+,31-,32+,33-,34+,35+,36+,37+,38+,40-,41+,42-,43+,44+/m0/s1. The lowest BCUT2D eigenvalue weighted by Gasteiger charge is -2.61. The molecule has 61 heavy (non-hydrogen) atoms. The minimum Gasteiger partial charge on any atom is -0.465 e. The average Bonchev–Trinajstić information content (AvgIpc) is 3.61. The first-order valence-corrected chi connectivity index (χ1v) is 21.9. The molecule has 0 aromatic rings. The van der Waals surface area contributed by atoms with E-state index in [9.17, 15) is 50.1 Å². The van der Waals surface area contributed by atoms with Crippen molar-refractivity contribution in [2.45, 2.75) is 185 Å². The Balaban J connectivity index is 1.11. The van der Waals surface area contributed by atoms with Gasteiger partial charge in [-0.15, -0.1) is 0 Å². The third-order valence-electron chi connectivity index (χ3n) is 16.0. The smallest absolute Gasteiger partial charge is 0.334 e. The van der Waals surface area contributed by atoms with Crippen molar-refractivity contribution in [2.75, 3.05) is 13.2 Å². The van der Waals surface area contributed by atoms with Crippen molar-refractivity contribution < 1.29 is 83.3 Å². The van der Waals surface area contributed by atoms with E-state index < -0.39 is 121 Å². The van der Waals surface area contributed by atoms with Crippen molar-refractivity contribution >= 4 is 17.9 Å². The van der Waals surface area contributed by atoms with E-state index in [1.54, 1.807) is 13.8 Å². The number of carbonyl (C=O) groups is 3. The SMILES string of the molecule is CC(=O)OC[C@]12CC[C@H]3[C@@H](CC=C4C[C@@H](O[C@@H]5O[C@H](CO)[C@@H](O[C@@H]6O[C@@H](C)[C@H](O)[C@@H](O)[C@H]6O)[C@H](O)[C@H]5O)C[C@H](OC(C)=O)[C@@]43C)[C@@H]1CC[C@@H]2[C@@](C)(O)[C@H]1CC(C)=C(C)C(=O)O1. The van der Waals surface area contributed by atoms with Gasteiger partial charge in [-0.2, -0.15) is 0 Å². The highest BCUT2D eigenvalue weighted by Gasteiger charge is 2.67. The van der Waals surface area contributed by atoms with Crippen LogP contribution < -0.4 is 0 Å². The second-order valence-electron chi connectivity index (χ2n) is 19.3. The number of fused-ring (bicyclic) bond motifs is 5. The number of aliphatic hydroxyl groups is 7. The van der Waals surface area contributed by atoms with E-state index in [1.165, 1.54) is 20.8 Å². The fourth-order valence-electron chi connectivity index (χ4n) is 12.6. The van der Waals surface area contributed by atoms with Crippen LogP contribution in [0.3, 0.4) is 0 Å². The van der Waals surface area contributed by atoms with Crippen molar-refractivity contribution in [1.82, 2.24) is 0 Å². The van der Waals surface area contributed by atoms with Crippen molar-refractivity contribution in [3.05, 3.63) is 22.8 Å². The maximum Gasteiger partial charge on any atom is 0.334 e. The molecule has 0 radical (unpaired) electrons. The number of esters is 3. The summed E-state index contributed by atoms with van der Waals surface area (Å²) < 4.78 is 41.5. The lowest BCUT2D eigenvalue weighted by atomic mass is 9.45. The first-order chi connectivity index (χ1) is 28.6. The van der Waals surface area contributed by atoms with Crippen molar-refractivity contribution in [3.63, 3.8) is 0 Å². The molecule has 344 valence electrons. The first kappa shape index (κ1) is 46.4. The lowest BCUT2D eigenvalue weighted by Crippen LogP contribution is -2.64. The van der Waals surface area contributed by atoms with Gasteiger partial charge in [-0.25, -0.2) is 4.79 Å². The Kier molecular flexibility index (Phi) is 13.3. The molecule has 3 heterocycles. The molecule has 7 rings (SSSR count). The summed E-state index contributed by atoms with van der Waals surface area (Å²) >= 11 is 0. The third-order valence-corrected chi connectivity index (χ3v) is 16.0. The normalized spacial score (nSPS) is 47.2. The van der Waals surface area contributed by atoms with Gasteiger partial charge in [-0.1, -0.05) is 24.1 Å². The summed E-state index contributed by atoms with van der Waals surface area (Å²) in [6.07, 6.45) is -10.2. The minimum atomic E-state index is -1.70. The van der Waals surface area contributed by atoms with Gasteiger partial charge in [-0.3, -0.25) is 9.59 Å². The zero-order valence-corrected chi connectivity index (χ0v) is 36.2. The van der Waals surface area contributed by atoms with Crippen LogP contribution in [-0.4, -0.2) is 152 Å². The molecule has 0 aromatic heterocycles. The summed E-state index contributed by atoms with van der Waals surface area (Å²) in [7, 11) is 0. The van der Waals surface area contributed by atoms with Crippen LogP contribution in [0.25, 0.3) is 0 Å². The molecule has 3 saturated carbocycles. The second kappa shape index (κ2) is 17.4. The largest absolute Gasteiger partial charge is 0.465 e. The van der Waals surface area contributed by atoms with Crippen LogP contribution in [-0.2, 0) is 47.5 Å². The Labute approximate surface area is 356 Å². The molecular formula is C44H66O17.